The van der Waals surface area contributed by atoms with Gasteiger partial charge in [-0.05, 0) is 155 Å². The van der Waals surface area contributed by atoms with Gasteiger partial charge in [-0.1, -0.05) is 56.0 Å². The van der Waals surface area contributed by atoms with Crippen LogP contribution in [0.5, 0.6) is 0 Å². The van der Waals surface area contributed by atoms with Crippen molar-refractivity contribution in [2.45, 2.75) is 65.2 Å². The van der Waals surface area contributed by atoms with Crippen LogP contribution in [0.2, 0.25) is 0 Å². The Kier molecular flexibility index (Phi) is 10.4. The normalized spacial score (nSPS) is 16.8. The molecule has 0 spiro atoms. The first-order valence-electron chi connectivity index (χ1n) is 21.0. The summed E-state index contributed by atoms with van der Waals surface area (Å²) in [4.78, 5) is 65.0. The first-order valence-corrected chi connectivity index (χ1v) is 21.0. The number of ketones is 4. The molecule has 6 aromatic carbocycles. The molecule has 0 amide bonds. The Hall–Kier alpha value is -6.47. The fraction of sp³-hybridized carbons (Fsp3) is 0.264. The summed E-state index contributed by atoms with van der Waals surface area (Å²) < 4.78 is 0. The lowest BCUT2D eigenvalue weighted by Crippen LogP contribution is -2.34. The molecule has 4 aliphatic heterocycles. The van der Waals surface area contributed by atoms with Crippen molar-refractivity contribution >= 4 is 68.4 Å². The Morgan fingerprint density at radius 2 is 0.800 bits per heavy atom. The Morgan fingerprint density at radius 3 is 1.17 bits per heavy atom. The molecule has 6 aliphatic rings. The van der Waals surface area contributed by atoms with Crippen LogP contribution in [0.15, 0.2) is 103 Å². The van der Waals surface area contributed by atoms with E-state index in [0.717, 1.165) is 77.7 Å². The van der Waals surface area contributed by atoms with Gasteiger partial charge in [0.15, 0.2) is 23.1 Å². The first kappa shape index (κ1) is 39.0. The van der Waals surface area contributed by atoms with Gasteiger partial charge in [0.2, 0.25) is 0 Å². The number of benzene rings is 6. The fourth-order valence-electron chi connectivity index (χ4n) is 10.2. The second-order valence-corrected chi connectivity index (χ2v) is 16.6. The third-order valence-corrected chi connectivity index (χ3v) is 12.8. The van der Waals surface area contributed by atoms with Crippen molar-refractivity contribution in [2.24, 2.45) is 0 Å². The monoisotopic (exact) mass is 792 g/mol. The van der Waals surface area contributed by atoms with Gasteiger partial charge in [0.25, 0.3) is 0 Å². The predicted octanol–water partition coefficient (Wildman–Crippen LogP) is 10.4. The van der Waals surface area contributed by atoms with Gasteiger partial charge < -0.3 is 9.80 Å². The van der Waals surface area contributed by atoms with Crippen LogP contribution in [0.4, 0.5) is 11.4 Å². The van der Waals surface area contributed by atoms with Gasteiger partial charge in [-0.2, -0.15) is 0 Å². The van der Waals surface area contributed by atoms with E-state index in [0.29, 0.717) is 27.8 Å². The van der Waals surface area contributed by atoms with E-state index < -0.39 is 0 Å². The summed E-state index contributed by atoms with van der Waals surface area (Å²) in [5, 5.41) is 4.01. The van der Waals surface area contributed by atoms with E-state index in [9.17, 15) is 24.0 Å². The second-order valence-electron chi connectivity index (χ2n) is 16.6. The Labute approximate surface area is 350 Å². The number of aldehydes is 1. The van der Waals surface area contributed by atoms with Crippen LogP contribution >= 0.6 is 0 Å². The second kappa shape index (κ2) is 15.9. The third kappa shape index (κ3) is 6.96. The number of nitrogens with zero attached hydrogens (tertiary/aromatic N) is 2. The smallest absolute Gasteiger partial charge is 0.197 e. The molecular weight excluding hydrogens is 745 g/mol. The summed E-state index contributed by atoms with van der Waals surface area (Å²) in [7, 11) is 0. The lowest BCUT2D eigenvalue weighted by Gasteiger charge is -2.37. The number of hydrogen-bond acceptors (Lipinski definition) is 7. The number of aryl methyl sites for hydroxylation is 4. The minimum absolute atomic E-state index is 0. The molecule has 0 saturated carbocycles. The molecule has 60 heavy (non-hydrogen) atoms. The van der Waals surface area contributed by atoms with Crippen molar-refractivity contribution in [1.29, 1.82) is 0 Å². The average Bonchev–Trinajstić information content (AvgIpc) is 3.67. The van der Waals surface area contributed by atoms with Crippen LogP contribution < -0.4 is 9.80 Å². The Balaban J connectivity index is 0.000000126. The van der Waals surface area contributed by atoms with Crippen molar-refractivity contribution in [2.75, 3.05) is 36.0 Å². The lowest BCUT2D eigenvalue weighted by atomic mass is 9.89. The van der Waals surface area contributed by atoms with E-state index >= 15 is 0 Å². The first-order chi connectivity index (χ1) is 28.8. The number of hydrogen-bond donors (Lipinski definition) is 0. The molecule has 0 fully saturated rings. The van der Waals surface area contributed by atoms with E-state index in [-0.39, 0.29) is 37.0 Å². The highest BCUT2D eigenvalue weighted by molar-refractivity contribution is 6.42. The lowest BCUT2D eigenvalue weighted by molar-refractivity contribution is 0.0919. The topological polar surface area (TPSA) is 91.8 Å². The molecule has 0 saturated heterocycles. The van der Waals surface area contributed by atoms with Crippen LogP contribution in [0.25, 0.3) is 27.6 Å². The molecule has 12 rings (SSSR count). The number of fused-ring (bicyclic) bond motifs is 4. The van der Waals surface area contributed by atoms with Crippen LogP contribution in [-0.2, 0) is 25.7 Å². The molecule has 6 aromatic rings. The van der Waals surface area contributed by atoms with Crippen molar-refractivity contribution in [3.05, 3.63) is 158 Å². The molecule has 0 unspecified atom stereocenters. The van der Waals surface area contributed by atoms with Gasteiger partial charge in [0.05, 0.1) is 12.0 Å². The molecule has 2 aliphatic carbocycles. The van der Waals surface area contributed by atoms with Gasteiger partial charge in [-0.3, -0.25) is 24.0 Å². The van der Waals surface area contributed by atoms with Crippen LogP contribution in [-0.4, -0.2) is 55.6 Å². The van der Waals surface area contributed by atoms with Gasteiger partial charge in [0.1, 0.15) is 6.29 Å². The zero-order valence-corrected chi connectivity index (χ0v) is 33.0. The summed E-state index contributed by atoms with van der Waals surface area (Å²) in [6.07, 6.45) is 12.1. The zero-order valence-electron chi connectivity index (χ0n) is 33.0. The summed E-state index contributed by atoms with van der Waals surface area (Å²) >= 11 is 0. The number of Topliss-reactive ketones (excluding diaryl/α,β-unsaturated/α-hetero) is 4. The standard InChI is InChI=1S/C26H21NO2.C13H15NO.C13H8O2.CH4/c28-25-21-14-17-5-1-2-6-18(17)15-22(21)26(29)23(25)13-16-11-19-7-3-9-27-10-4-8-20(12-16)24(19)27;15-9-10-7-11-3-1-5-14-6-2-4-12(8-10)13(11)14;14-12-7-13(15)11-6-9-4-2-1-3-8(9)5-10(11)12;/h1-2,5-6,11-15H,3-4,7-10H2;7-9H,1-6H2;1-6H,7H2;1H4. The number of rotatable bonds is 2. The fourth-order valence-corrected chi connectivity index (χ4v) is 10.2. The van der Waals surface area contributed by atoms with Gasteiger partial charge in [-0.25, -0.2) is 0 Å². The Morgan fingerprint density at radius 1 is 0.450 bits per heavy atom. The molecule has 7 nitrogen and oxygen atoms in total. The minimum Gasteiger partial charge on any atom is -0.371 e. The molecule has 300 valence electrons. The number of carbonyl (C=O) groups excluding carboxylic acids is 5. The van der Waals surface area contributed by atoms with E-state index in [4.69, 9.17) is 0 Å². The molecule has 0 atom stereocenters. The van der Waals surface area contributed by atoms with Crippen molar-refractivity contribution in [3.63, 3.8) is 0 Å². The zero-order chi connectivity index (χ0) is 40.2. The van der Waals surface area contributed by atoms with Gasteiger partial charge >= 0.3 is 0 Å². The molecule has 4 heterocycles. The summed E-state index contributed by atoms with van der Waals surface area (Å²) in [5.74, 6) is -0.408. The quantitative estimate of drug-likeness (QED) is 0.0746. The number of anilines is 2. The maximum Gasteiger partial charge on any atom is 0.197 e. The molecular formula is C53H48N2O5. The van der Waals surface area contributed by atoms with Gasteiger partial charge in [0, 0.05) is 65.4 Å². The van der Waals surface area contributed by atoms with E-state index in [1.54, 1.807) is 0 Å². The van der Waals surface area contributed by atoms with Crippen molar-refractivity contribution in [3.8, 4) is 0 Å². The third-order valence-electron chi connectivity index (χ3n) is 12.8. The summed E-state index contributed by atoms with van der Waals surface area (Å²) in [5.41, 5.74) is 12.7. The largest absolute Gasteiger partial charge is 0.371 e. The molecule has 0 aromatic heterocycles. The molecule has 0 radical (unpaired) electrons. The van der Waals surface area contributed by atoms with Crippen LogP contribution in [0.1, 0.15) is 119 Å². The van der Waals surface area contributed by atoms with Crippen molar-refractivity contribution < 1.29 is 24.0 Å². The molecule has 0 N–H and O–H groups in total. The van der Waals surface area contributed by atoms with Crippen molar-refractivity contribution in [1.82, 2.24) is 0 Å². The highest BCUT2D eigenvalue weighted by Crippen LogP contribution is 2.39. The summed E-state index contributed by atoms with van der Waals surface area (Å²) in [6.45, 7) is 4.67. The molecule has 0 bridgehead atoms. The van der Waals surface area contributed by atoms with Crippen LogP contribution in [0.3, 0.4) is 0 Å². The number of carbonyl (C=O) groups is 5. The predicted molar refractivity (Wildman–Crippen MR) is 241 cm³/mol. The minimum atomic E-state index is -0.149. The van der Waals surface area contributed by atoms with E-state index in [1.165, 1.54) is 72.4 Å². The number of allylic oxidation sites excluding steroid dienone is 1. The van der Waals surface area contributed by atoms with E-state index in [1.807, 2.05) is 78.9 Å². The van der Waals surface area contributed by atoms with E-state index in [2.05, 4.69) is 34.1 Å². The van der Waals surface area contributed by atoms with Gasteiger partial charge in [-0.15, -0.1) is 0 Å². The maximum absolute atomic E-state index is 13.1. The highest BCUT2D eigenvalue weighted by Gasteiger charge is 2.34. The molecule has 7 heteroatoms. The SMILES string of the molecule is C.O=C1C(=Cc2cc3c4c(c2)CCCN4CCC3)C(=O)c2cc3ccccc3cc21.O=C1CC(=O)c2cc3ccccc3cc21.O=Cc1cc2c3c(c1)CCCN3CCC2. The average molecular weight is 793 g/mol. The maximum atomic E-state index is 13.1. The highest BCUT2D eigenvalue weighted by atomic mass is 16.2. The van der Waals surface area contributed by atoms with Crippen LogP contribution in [0, 0.1) is 0 Å². The summed E-state index contributed by atoms with van der Waals surface area (Å²) in [6, 6.07) is 31.5. The Bertz CT molecular complexity index is 2660.